The predicted octanol–water partition coefficient (Wildman–Crippen LogP) is 0.256. The van der Waals surface area contributed by atoms with Gasteiger partial charge in [0.2, 0.25) is 0 Å². The Morgan fingerprint density at radius 3 is 2.77 bits per heavy atom. The van der Waals surface area contributed by atoms with E-state index in [2.05, 4.69) is 0 Å². The van der Waals surface area contributed by atoms with Gasteiger partial charge in [0.25, 0.3) is 0 Å². The molecule has 0 aromatic heterocycles. The standard InChI is InChI=1S/C8H17NO3S/c1-11-4-5-12-8(10)7(9)3-6-13-2/h7H,3-6,9H2,1-2H3/t7-/m1/s1. The van der Waals surface area contributed by atoms with Gasteiger partial charge in [-0.1, -0.05) is 0 Å². The zero-order valence-corrected chi connectivity index (χ0v) is 8.93. The molecule has 0 radical (unpaired) electrons. The van der Waals surface area contributed by atoms with Crippen molar-refractivity contribution >= 4 is 17.7 Å². The Labute approximate surface area is 83.1 Å². The largest absolute Gasteiger partial charge is 0.462 e. The van der Waals surface area contributed by atoms with Crippen molar-refractivity contribution in [2.75, 3.05) is 32.3 Å². The van der Waals surface area contributed by atoms with Gasteiger partial charge in [-0.3, -0.25) is 4.79 Å². The van der Waals surface area contributed by atoms with E-state index < -0.39 is 6.04 Å². The Morgan fingerprint density at radius 1 is 1.54 bits per heavy atom. The lowest BCUT2D eigenvalue weighted by Crippen LogP contribution is -2.33. The van der Waals surface area contributed by atoms with Gasteiger partial charge in [-0.15, -0.1) is 0 Å². The molecule has 78 valence electrons. The number of methoxy groups -OCH3 is 1. The number of rotatable bonds is 7. The summed E-state index contributed by atoms with van der Waals surface area (Å²) >= 11 is 1.66. The van der Waals surface area contributed by atoms with Crippen LogP contribution >= 0.6 is 11.8 Å². The highest BCUT2D eigenvalue weighted by Gasteiger charge is 2.13. The van der Waals surface area contributed by atoms with Gasteiger partial charge in [0.15, 0.2) is 0 Å². The molecule has 0 amide bonds. The van der Waals surface area contributed by atoms with Crippen molar-refractivity contribution in [1.82, 2.24) is 0 Å². The normalized spacial score (nSPS) is 12.5. The third-order valence-electron chi connectivity index (χ3n) is 1.47. The van der Waals surface area contributed by atoms with Gasteiger partial charge in [0, 0.05) is 7.11 Å². The van der Waals surface area contributed by atoms with Crippen LogP contribution < -0.4 is 5.73 Å². The van der Waals surface area contributed by atoms with E-state index >= 15 is 0 Å². The van der Waals surface area contributed by atoms with Crippen LogP contribution in [0.4, 0.5) is 0 Å². The summed E-state index contributed by atoms with van der Waals surface area (Å²) in [5.41, 5.74) is 5.56. The molecular weight excluding hydrogens is 190 g/mol. The Bertz CT molecular complexity index is 143. The number of esters is 1. The lowest BCUT2D eigenvalue weighted by Gasteiger charge is -2.09. The Kier molecular flexibility index (Phi) is 8.18. The number of carbonyl (C=O) groups excluding carboxylic acids is 1. The molecule has 13 heavy (non-hydrogen) atoms. The van der Waals surface area contributed by atoms with Crippen molar-refractivity contribution in [3.8, 4) is 0 Å². The van der Waals surface area contributed by atoms with E-state index in [4.69, 9.17) is 15.2 Å². The van der Waals surface area contributed by atoms with E-state index in [1.54, 1.807) is 18.9 Å². The van der Waals surface area contributed by atoms with E-state index in [9.17, 15) is 4.79 Å². The molecule has 0 saturated heterocycles. The first-order chi connectivity index (χ1) is 6.22. The summed E-state index contributed by atoms with van der Waals surface area (Å²) in [6.45, 7) is 0.698. The third-order valence-corrected chi connectivity index (χ3v) is 2.11. The number of ether oxygens (including phenoxy) is 2. The van der Waals surface area contributed by atoms with Crippen LogP contribution in [0.1, 0.15) is 6.42 Å². The fourth-order valence-electron chi connectivity index (χ4n) is 0.695. The molecule has 0 fully saturated rings. The summed E-state index contributed by atoms with van der Waals surface area (Å²) in [6.07, 6.45) is 2.63. The summed E-state index contributed by atoms with van der Waals surface area (Å²) in [4.78, 5) is 11.1. The minimum Gasteiger partial charge on any atom is -0.462 e. The minimum absolute atomic E-state index is 0.280. The third kappa shape index (κ3) is 6.86. The van der Waals surface area contributed by atoms with Crippen LogP contribution in [0.5, 0.6) is 0 Å². The summed E-state index contributed by atoms with van der Waals surface area (Å²) in [5, 5.41) is 0. The zero-order chi connectivity index (χ0) is 10.1. The van der Waals surface area contributed by atoms with Crippen LogP contribution in [0.3, 0.4) is 0 Å². The summed E-state index contributed by atoms with van der Waals surface area (Å²) in [6, 6.07) is -0.496. The molecule has 0 aromatic rings. The molecule has 5 heteroatoms. The van der Waals surface area contributed by atoms with Crippen LogP contribution in [-0.4, -0.2) is 44.3 Å². The van der Waals surface area contributed by atoms with Crippen molar-refractivity contribution in [3.63, 3.8) is 0 Å². The lowest BCUT2D eigenvalue weighted by molar-refractivity contribution is -0.146. The quantitative estimate of drug-likeness (QED) is 0.479. The molecular formula is C8H17NO3S. The molecule has 0 aliphatic heterocycles. The second-order valence-electron chi connectivity index (χ2n) is 2.55. The minimum atomic E-state index is -0.496. The van der Waals surface area contributed by atoms with E-state index in [0.29, 0.717) is 13.0 Å². The van der Waals surface area contributed by atoms with Gasteiger partial charge in [0.1, 0.15) is 12.6 Å². The Morgan fingerprint density at radius 2 is 2.23 bits per heavy atom. The van der Waals surface area contributed by atoms with Gasteiger partial charge in [-0.05, 0) is 18.4 Å². The maximum Gasteiger partial charge on any atom is 0.323 e. The van der Waals surface area contributed by atoms with E-state index in [1.165, 1.54) is 0 Å². The summed E-state index contributed by atoms with van der Waals surface area (Å²) in [7, 11) is 1.56. The molecule has 0 aliphatic rings. The molecule has 4 nitrogen and oxygen atoms in total. The first kappa shape index (κ1) is 12.7. The fraction of sp³-hybridized carbons (Fsp3) is 0.875. The van der Waals surface area contributed by atoms with Crippen LogP contribution in [0, 0.1) is 0 Å². The summed E-state index contributed by atoms with van der Waals surface area (Å²) in [5.74, 6) is 0.534. The molecule has 0 unspecified atom stereocenters. The number of nitrogens with two attached hydrogens (primary N) is 1. The number of hydrogen-bond donors (Lipinski definition) is 1. The highest BCUT2D eigenvalue weighted by atomic mass is 32.2. The van der Waals surface area contributed by atoms with Gasteiger partial charge >= 0.3 is 5.97 Å². The Hall–Kier alpha value is -0.260. The van der Waals surface area contributed by atoms with E-state index in [1.807, 2.05) is 6.26 Å². The van der Waals surface area contributed by atoms with E-state index in [-0.39, 0.29) is 12.6 Å². The highest BCUT2D eigenvalue weighted by Crippen LogP contribution is 1.99. The number of carbonyl (C=O) groups is 1. The van der Waals surface area contributed by atoms with Gasteiger partial charge < -0.3 is 15.2 Å². The van der Waals surface area contributed by atoms with Crippen molar-refractivity contribution in [2.24, 2.45) is 5.73 Å². The van der Waals surface area contributed by atoms with Crippen molar-refractivity contribution in [3.05, 3.63) is 0 Å². The fourth-order valence-corrected chi connectivity index (χ4v) is 1.18. The van der Waals surface area contributed by atoms with Crippen LogP contribution in [0.25, 0.3) is 0 Å². The molecule has 0 aromatic carbocycles. The lowest BCUT2D eigenvalue weighted by atomic mass is 10.2. The monoisotopic (exact) mass is 207 g/mol. The topological polar surface area (TPSA) is 61.5 Å². The zero-order valence-electron chi connectivity index (χ0n) is 8.12. The van der Waals surface area contributed by atoms with Crippen molar-refractivity contribution in [2.45, 2.75) is 12.5 Å². The second kappa shape index (κ2) is 8.34. The smallest absolute Gasteiger partial charge is 0.323 e. The molecule has 0 heterocycles. The van der Waals surface area contributed by atoms with Crippen molar-refractivity contribution < 1.29 is 14.3 Å². The van der Waals surface area contributed by atoms with Crippen LogP contribution in [0.2, 0.25) is 0 Å². The number of hydrogen-bond acceptors (Lipinski definition) is 5. The van der Waals surface area contributed by atoms with Gasteiger partial charge in [0.05, 0.1) is 6.61 Å². The summed E-state index contributed by atoms with van der Waals surface area (Å²) < 4.78 is 9.57. The molecule has 1 atom stereocenters. The SMILES string of the molecule is COCCOC(=O)[C@H](N)CCSC. The molecule has 2 N–H and O–H groups in total. The Balaban J connectivity index is 3.45. The van der Waals surface area contributed by atoms with Crippen LogP contribution in [0.15, 0.2) is 0 Å². The maximum absolute atomic E-state index is 11.1. The first-order valence-corrected chi connectivity index (χ1v) is 5.51. The van der Waals surface area contributed by atoms with Gasteiger partial charge in [-0.25, -0.2) is 0 Å². The molecule has 0 spiro atoms. The second-order valence-corrected chi connectivity index (χ2v) is 3.53. The average Bonchev–Trinajstić information content (AvgIpc) is 2.14. The average molecular weight is 207 g/mol. The molecule has 0 saturated carbocycles. The van der Waals surface area contributed by atoms with Crippen LogP contribution in [-0.2, 0) is 14.3 Å². The molecule has 0 rings (SSSR count). The predicted molar refractivity (Wildman–Crippen MR) is 53.8 cm³/mol. The maximum atomic E-state index is 11.1. The van der Waals surface area contributed by atoms with Gasteiger partial charge in [-0.2, -0.15) is 11.8 Å². The molecule has 0 aliphatic carbocycles. The number of thioether (sulfide) groups is 1. The highest BCUT2D eigenvalue weighted by molar-refractivity contribution is 7.98. The van der Waals surface area contributed by atoms with E-state index in [0.717, 1.165) is 5.75 Å². The molecule has 0 bridgehead atoms. The first-order valence-electron chi connectivity index (χ1n) is 4.12. The van der Waals surface area contributed by atoms with Crippen molar-refractivity contribution in [1.29, 1.82) is 0 Å².